The first-order chi connectivity index (χ1) is 8.58. The van der Waals surface area contributed by atoms with Crippen molar-refractivity contribution in [1.82, 2.24) is 9.80 Å². The van der Waals surface area contributed by atoms with Gasteiger partial charge in [-0.05, 0) is 73.1 Å². The van der Waals surface area contributed by atoms with Crippen LogP contribution in [0.3, 0.4) is 0 Å². The van der Waals surface area contributed by atoms with Crippen molar-refractivity contribution >= 4 is 0 Å². The highest BCUT2D eigenvalue weighted by atomic mass is 16.5. The molecule has 0 spiro atoms. The standard InChI is InChI=1S/C15H30N2O/c1-12(2)18-13(3)15-6-5-9-17(15)14-7-10-16(4)11-8-14/h12-15H,5-11H2,1-4H3/t13-,15-/m0/s1. The molecular weight excluding hydrogens is 224 g/mol. The zero-order chi connectivity index (χ0) is 13.1. The van der Waals surface area contributed by atoms with E-state index in [0.717, 1.165) is 6.04 Å². The normalized spacial score (nSPS) is 30.2. The van der Waals surface area contributed by atoms with Gasteiger partial charge in [0.25, 0.3) is 0 Å². The molecule has 0 N–H and O–H groups in total. The number of nitrogens with zero attached hydrogens (tertiary/aromatic N) is 2. The molecule has 0 aromatic carbocycles. The molecule has 2 heterocycles. The van der Waals surface area contributed by atoms with E-state index in [1.54, 1.807) is 0 Å². The highest BCUT2D eigenvalue weighted by Crippen LogP contribution is 2.28. The maximum absolute atomic E-state index is 6.02. The van der Waals surface area contributed by atoms with E-state index in [1.807, 2.05) is 0 Å². The van der Waals surface area contributed by atoms with Crippen LogP contribution in [0, 0.1) is 0 Å². The average molecular weight is 254 g/mol. The first-order valence-electron chi connectivity index (χ1n) is 7.67. The molecular formula is C15H30N2O. The predicted molar refractivity (Wildman–Crippen MR) is 75.9 cm³/mol. The summed E-state index contributed by atoms with van der Waals surface area (Å²) in [4.78, 5) is 5.20. The topological polar surface area (TPSA) is 15.7 Å². The quantitative estimate of drug-likeness (QED) is 0.766. The van der Waals surface area contributed by atoms with Crippen molar-refractivity contribution in [2.75, 3.05) is 26.7 Å². The Labute approximate surface area is 112 Å². The zero-order valence-electron chi connectivity index (χ0n) is 12.6. The minimum absolute atomic E-state index is 0.347. The fourth-order valence-corrected chi connectivity index (χ4v) is 3.62. The number of hydrogen-bond acceptors (Lipinski definition) is 3. The van der Waals surface area contributed by atoms with Crippen molar-refractivity contribution in [2.24, 2.45) is 0 Å². The van der Waals surface area contributed by atoms with Gasteiger partial charge >= 0.3 is 0 Å². The van der Waals surface area contributed by atoms with E-state index in [-0.39, 0.29) is 0 Å². The predicted octanol–water partition coefficient (Wildman–Crippen LogP) is 2.36. The third-order valence-corrected chi connectivity index (χ3v) is 4.53. The molecule has 2 aliphatic heterocycles. The van der Waals surface area contributed by atoms with Crippen LogP contribution in [0.2, 0.25) is 0 Å². The molecule has 0 bridgehead atoms. The van der Waals surface area contributed by atoms with Gasteiger partial charge in [0, 0.05) is 12.1 Å². The largest absolute Gasteiger partial charge is 0.374 e. The van der Waals surface area contributed by atoms with Gasteiger partial charge in [0.05, 0.1) is 12.2 Å². The zero-order valence-corrected chi connectivity index (χ0v) is 12.6. The van der Waals surface area contributed by atoms with Gasteiger partial charge in [-0.1, -0.05) is 0 Å². The Bertz CT molecular complexity index is 249. The van der Waals surface area contributed by atoms with Crippen molar-refractivity contribution in [1.29, 1.82) is 0 Å². The first-order valence-corrected chi connectivity index (χ1v) is 7.67. The van der Waals surface area contributed by atoms with Crippen LogP contribution < -0.4 is 0 Å². The van der Waals surface area contributed by atoms with E-state index in [0.29, 0.717) is 18.2 Å². The molecule has 2 aliphatic rings. The molecule has 0 radical (unpaired) electrons. The fourth-order valence-electron chi connectivity index (χ4n) is 3.62. The molecule has 106 valence electrons. The molecule has 3 heteroatoms. The van der Waals surface area contributed by atoms with Gasteiger partial charge in [0.1, 0.15) is 0 Å². The van der Waals surface area contributed by atoms with Crippen LogP contribution in [0.25, 0.3) is 0 Å². The summed E-state index contributed by atoms with van der Waals surface area (Å²) in [6, 6.07) is 1.45. The minimum Gasteiger partial charge on any atom is -0.374 e. The van der Waals surface area contributed by atoms with Crippen molar-refractivity contribution in [2.45, 2.75) is 70.7 Å². The summed E-state index contributed by atoms with van der Waals surface area (Å²) >= 11 is 0. The highest BCUT2D eigenvalue weighted by molar-refractivity contribution is 4.90. The number of likely N-dealkylation sites (tertiary alicyclic amines) is 2. The van der Waals surface area contributed by atoms with Gasteiger partial charge in [-0.25, -0.2) is 0 Å². The Balaban J connectivity index is 1.90. The fraction of sp³-hybridized carbons (Fsp3) is 1.00. The molecule has 18 heavy (non-hydrogen) atoms. The van der Waals surface area contributed by atoms with Gasteiger partial charge in [-0.3, -0.25) is 4.90 Å². The first kappa shape index (κ1) is 14.3. The van der Waals surface area contributed by atoms with Crippen molar-refractivity contribution in [3.05, 3.63) is 0 Å². The Morgan fingerprint density at radius 3 is 2.28 bits per heavy atom. The third kappa shape index (κ3) is 3.46. The highest BCUT2D eigenvalue weighted by Gasteiger charge is 2.35. The molecule has 0 aromatic heterocycles. The van der Waals surface area contributed by atoms with E-state index in [1.165, 1.54) is 45.3 Å². The molecule has 2 fully saturated rings. The maximum Gasteiger partial charge on any atom is 0.0705 e. The molecule has 0 saturated carbocycles. The van der Waals surface area contributed by atoms with Gasteiger partial charge < -0.3 is 9.64 Å². The smallest absolute Gasteiger partial charge is 0.0705 e. The number of rotatable bonds is 4. The van der Waals surface area contributed by atoms with E-state index >= 15 is 0 Å². The Kier molecular flexibility index (Phi) is 5.05. The lowest BCUT2D eigenvalue weighted by atomic mass is 10.0. The number of hydrogen-bond donors (Lipinski definition) is 0. The summed E-state index contributed by atoms with van der Waals surface area (Å²) in [5.41, 5.74) is 0. The lowest BCUT2D eigenvalue weighted by Crippen LogP contribution is -2.49. The molecule has 0 unspecified atom stereocenters. The van der Waals surface area contributed by atoms with Crippen molar-refractivity contribution in [3.63, 3.8) is 0 Å². The lowest BCUT2D eigenvalue weighted by Gasteiger charge is -2.40. The van der Waals surface area contributed by atoms with Crippen LogP contribution in [-0.4, -0.2) is 60.8 Å². The second-order valence-corrected chi connectivity index (χ2v) is 6.37. The second-order valence-electron chi connectivity index (χ2n) is 6.37. The summed E-state index contributed by atoms with van der Waals surface area (Å²) in [7, 11) is 2.24. The Hall–Kier alpha value is -0.120. The summed E-state index contributed by atoms with van der Waals surface area (Å²) in [5, 5.41) is 0. The van der Waals surface area contributed by atoms with Crippen LogP contribution in [0.5, 0.6) is 0 Å². The van der Waals surface area contributed by atoms with E-state index in [9.17, 15) is 0 Å². The summed E-state index contributed by atoms with van der Waals surface area (Å²) in [6.45, 7) is 10.3. The van der Waals surface area contributed by atoms with Crippen molar-refractivity contribution < 1.29 is 4.74 Å². The van der Waals surface area contributed by atoms with E-state index in [2.05, 4.69) is 37.6 Å². The average Bonchev–Trinajstić information content (AvgIpc) is 2.78. The summed E-state index contributed by atoms with van der Waals surface area (Å²) in [5.74, 6) is 0. The maximum atomic E-state index is 6.02. The number of piperidine rings is 1. The van der Waals surface area contributed by atoms with Crippen molar-refractivity contribution in [3.8, 4) is 0 Å². The molecule has 2 rings (SSSR count). The Morgan fingerprint density at radius 2 is 1.67 bits per heavy atom. The van der Waals surface area contributed by atoms with Crippen LogP contribution in [-0.2, 0) is 4.74 Å². The lowest BCUT2D eigenvalue weighted by molar-refractivity contribution is -0.0386. The number of ether oxygens (including phenoxy) is 1. The molecule has 2 saturated heterocycles. The third-order valence-electron chi connectivity index (χ3n) is 4.53. The summed E-state index contributed by atoms with van der Waals surface area (Å²) < 4.78 is 6.02. The van der Waals surface area contributed by atoms with Gasteiger partial charge in [-0.15, -0.1) is 0 Å². The van der Waals surface area contributed by atoms with Crippen LogP contribution in [0.1, 0.15) is 46.5 Å². The SMILES string of the molecule is CC(C)O[C@@H](C)[C@@H]1CCCN1C1CCN(C)CC1. The van der Waals surface area contributed by atoms with E-state index in [4.69, 9.17) is 4.74 Å². The monoisotopic (exact) mass is 254 g/mol. The van der Waals surface area contributed by atoms with Crippen LogP contribution >= 0.6 is 0 Å². The minimum atomic E-state index is 0.347. The molecule has 0 aromatic rings. The van der Waals surface area contributed by atoms with Gasteiger partial charge in [-0.2, -0.15) is 0 Å². The summed E-state index contributed by atoms with van der Waals surface area (Å²) in [6.07, 6.45) is 6.07. The van der Waals surface area contributed by atoms with Crippen LogP contribution in [0.15, 0.2) is 0 Å². The molecule has 3 nitrogen and oxygen atoms in total. The van der Waals surface area contributed by atoms with Gasteiger partial charge in [0.15, 0.2) is 0 Å². The molecule has 0 amide bonds. The second kappa shape index (κ2) is 6.36. The van der Waals surface area contributed by atoms with E-state index < -0.39 is 0 Å². The van der Waals surface area contributed by atoms with Crippen LogP contribution in [0.4, 0.5) is 0 Å². The molecule has 0 aliphatic carbocycles. The van der Waals surface area contributed by atoms with Gasteiger partial charge in [0.2, 0.25) is 0 Å². The Morgan fingerprint density at radius 1 is 1.00 bits per heavy atom. The molecule has 2 atom stereocenters.